The number of benzene rings is 1. The number of carboxylic acid groups (broad SMARTS) is 1. The topological polar surface area (TPSA) is 71.5 Å². The minimum absolute atomic E-state index is 0.0622. The standard InChI is InChI=1S/C15H15FN2O3/c1-21-14-11(3-2-6-18-14)8-17-9-12-7-10(15(19)20)4-5-13(12)16/h2-7,17H,8-9H2,1H3,(H,19,20). The van der Waals surface area contributed by atoms with Crippen molar-refractivity contribution in [2.45, 2.75) is 13.1 Å². The third kappa shape index (κ3) is 3.76. The second-order valence-electron chi connectivity index (χ2n) is 4.39. The zero-order chi connectivity index (χ0) is 15.2. The van der Waals surface area contributed by atoms with Gasteiger partial charge in [0.05, 0.1) is 12.7 Å². The number of carbonyl (C=O) groups is 1. The highest BCUT2D eigenvalue weighted by Crippen LogP contribution is 2.14. The number of pyridine rings is 1. The Morgan fingerprint density at radius 1 is 1.33 bits per heavy atom. The highest BCUT2D eigenvalue weighted by molar-refractivity contribution is 5.87. The fourth-order valence-electron chi connectivity index (χ4n) is 1.92. The number of halogens is 1. The minimum Gasteiger partial charge on any atom is -0.481 e. The van der Waals surface area contributed by atoms with E-state index < -0.39 is 11.8 Å². The lowest BCUT2D eigenvalue weighted by Crippen LogP contribution is -2.15. The maximum absolute atomic E-state index is 13.6. The molecule has 0 aliphatic carbocycles. The van der Waals surface area contributed by atoms with Crippen molar-refractivity contribution in [3.63, 3.8) is 0 Å². The average Bonchev–Trinajstić information content (AvgIpc) is 2.49. The van der Waals surface area contributed by atoms with Gasteiger partial charge < -0.3 is 15.2 Å². The van der Waals surface area contributed by atoms with E-state index in [1.54, 1.807) is 12.3 Å². The molecule has 1 aromatic heterocycles. The Morgan fingerprint density at radius 2 is 2.10 bits per heavy atom. The quantitative estimate of drug-likeness (QED) is 0.853. The van der Waals surface area contributed by atoms with Crippen LogP contribution in [0, 0.1) is 5.82 Å². The molecule has 0 aliphatic rings. The number of methoxy groups -OCH3 is 1. The maximum atomic E-state index is 13.6. The molecule has 0 fully saturated rings. The van der Waals surface area contributed by atoms with Gasteiger partial charge in [-0.3, -0.25) is 0 Å². The molecule has 6 heteroatoms. The van der Waals surface area contributed by atoms with Gasteiger partial charge in [-0.25, -0.2) is 14.2 Å². The fraction of sp³-hybridized carbons (Fsp3) is 0.200. The molecule has 0 atom stereocenters. The fourth-order valence-corrected chi connectivity index (χ4v) is 1.92. The van der Waals surface area contributed by atoms with Gasteiger partial charge in [0.15, 0.2) is 0 Å². The molecule has 0 aliphatic heterocycles. The monoisotopic (exact) mass is 290 g/mol. The van der Waals surface area contributed by atoms with E-state index in [9.17, 15) is 9.18 Å². The van der Waals surface area contributed by atoms with Crippen molar-refractivity contribution >= 4 is 5.97 Å². The number of carboxylic acids is 1. The van der Waals surface area contributed by atoms with E-state index in [0.717, 1.165) is 11.6 Å². The number of rotatable bonds is 6. The van der Waals surface area contributed by atoms with E-state index in [-0.39, 0.29) is 12.1 Å². The van der Waals surface area contributed by atoms with Crippen molar-refractivity contribution in [3.05, 3.63) is 59.0 Å². The first kappa shape index (κ1) is 14.9. The zero-order valence-corrected chi connectivity index (χ0v) is 11.5. The summed E-state index contributed by atoms with van der Waals surface area (Å²) in [5.41, 5.74) is 1.21. The van der Waals surface area contributed by atoms with Crippen LogP contribution in [0.1, 0.15) is 21.5 Å². The molecule has 0 unspecified atom stereocenters. The largest absolute Gasteiger partial charge is 0.481 e. The molecule has 0 spiro atoms. The molecule has 5 nitrogen and oxygen atoms in total. The number of nitrogens with one attached hydrogen (secondary N) is 1. The average molecular weight is 290 g/mol. The number of hydrogen-bond acceptors (Lipinski definition) is 4. The van der Waals surface area contributed by atoms with Crippen molar-refractivity contribution in [2.75, 3.05) is 7.11 Å². The van der Waals surface area contributed by atoms with Crippen LogP contribution < -0.4 is 10.1 Å². The van der Waals surface area contributed by atoms with Crippen LogP contribution in [-0.4, -0.2) is 23.2 Å². The van der Waals surface area contributed by atoms with Crippen LogP contribution in [0.25, 0.3) is 0 Å². The predicted octanol–water partition coefficient (Wildman–Crippen LogP) is 2.22. The highest BCUT2D eigenvalue weighted by atomic mass is 19.1. The van der Waals surface area contributed by atoms with E-state index in [1.807, 2.05) is 6.07 Å². The van der Waals surface area contributed by atoms with Crippen LogP contribution in [0.15, 0.2) is 36.5 Å². The number of aromatic carboxylic acids is 1. The third-order valence-corrected chi connectivity index (χ3v) is 2.97. The molecule has 1 heterocycles. The summed E-state index contributed by atoms with van der Waals surface area (Å²) in [6.07, 6.45) is 1.62. The van der Waals surface area contributed by atoms with Crippen molar-refractivity contribution in [3.8, 4) is 5.88 Å². The van der Waals surface area contributed by atoms with E-state index in [1.165, 1.54) is 19.2 Å². The second-order valence-corrected chi connectivity index (χ2v) is 4.39. The van der Waals surface area contributed by atoms with Crippen LogP contribution in [0.4, 0.5) is 4.39 Å². The molecule has 2 rings (SSSR count). The zero-order valence-electron chi connectivity index (χ0n) is 11.5. The van der Waals surface area contributed by atoms with Crippen LogP contribution >= 0.6 is 0 Å². The Balaban J connectivity index is 2.03. The summed E-state index contributed by atoms with van der Waals surface area (Å²) in [7, 11) is 1.53. The van der Waals surface area contributed by atoms with Gasteiger partial charge >= 0.3 is 5.97 Å². The van der Waals surface area contributed by atoms with Crippen molar-refractivity contribution in [1.29, 1.82) is 0 Å². The third-order valence-electron chi connectivity index (χ3n) is 2.97. The second kappa shape index (κ2) is 6.81. The van der Waals surface area contributed by atoms with Gasteiger partial charge in [-0.1, -0.05) is 6.07 Å². The lowest BCUT2D eigenvalue weighted by Gasteiger charge is -2.09. The van der Waals surface area contributed by atoms with Crippen molar-refractivity contribution < 1.29 is 19.0 Å². The Kier molecular flexibility index (Phi) is 4.84. The molecule has 0 bridgehead atoms. The minimum atomic E-state index is -1.08. The molecular formula is C15H15FN2O3. The molecule has 0 saturated heterocycles. The maximum Gasteiger partial charge on any atom is 0.335 e. The van der Waals surface area contributed by atoms with E-state index in [0.29, 0.717) is 18.0 Å². The van der Waals surface area contributed by atoms with Crippen LogP contribution in [0.5, 0.6) is 5.88 Å². The van der Waals surface area contributed by atoms with Gasteiger partial charge in [-0.15, -0.1) is 0 Å². The number of aromatic nitrogens is 1. The smallest absolute Gasteiger partial charge is 0.335 e. The molecule has 0 amide bonds. The van der Waals surface area contributed by atoms with Gasteiger partial charge in [-0.05, 0) is 24.3 Å². The first-order chi connectivity index (χ1) is 10.1. The Morgan fingerprint density at radius 3 is 2.81 bits per heavy atom. The number of ether oxygens (including phenoxy) is 1. The summed E-state index contributed by atoms with van der Waals surface area (Å²) in [4.78, 5) is 14.9. The molecule has 110 valence electrons. The molecule has 2 aromatic rings. The molecule has 2 N–H and O–H groups in total. The lowest BCUT2D eigenvalue weighted by atomic mass is 10.1. The van der Waals surface area contributed by atoms with Gasteiger partial charge in [0.25, 0.3) is 0 Å². The Hall–Kier alpha value is -2.47. The summed E-state index contributed by atoms with van der Waals surface area (Å²) < 4.78 is 18.8. The first-order valence-electron chi connectivity index (χ1n) is 6.32. The summed E-state index contributed by atoms with van der Waals surface area (Å²) >= 11 is 0. The van der Waals surface area contributed by atoms with Gasteiger partial charge in [0, 0.05) is 30.4 Å². The molecule has 0 radical (unpaired) electrons. The summed E-state index contributed by atoms with van der Waals surface area (Å²) in [6.45, 7) is 0.652. The van der Waals surface area contributed by atoms with Crippen LogP contribution in [-0.2, 0) is 13.1 Å². The molecular weight excluding hydrogens is 275 g/mol. The summed E-state index contributed by atoms with van der Waals surface area (Å²) in [5.74, 6) is -1.01. The van der Waals surface area contributed by atoms with Crippen LogP contribution in [0.2, 0.25) is 0 Å². The van der Waals surface area contributed by atoms with Gasteiger partial charge in [0.1, 0.15) is 5.82 Å². The van der Waals surface area contributed by atoms with Crippen molar-refractivity contribution in [1.82, 2.24) is 10.3 Å². The Bertz CT molecular complexity index is 647. The van der Waals surface area contributed by atoms with E-state index in [4.69, 9.17) is 9.84 Å². The SMILES string of the molecule is COc1ncccc1CNCc1cc(C(=O)O)ccc1F. The van der Waals surface area contributed by atoms with E-state index in [2.05, 4.69) is 10.3 Å². The van der Waals surface area contributed by atoms with Crippen molar-refractivity contribution in [2.24, 2.45) is 0 Å². The number of nitrogens with zero attached hydrogens (tertiary/aromatic N) is 1. The highest BCUT2D eigenvalue weighted by Gasteiger charge is 2.09. The van der Waals surface area contributed by atoms with E-state index >= 15 is 0 Å². The van der Waals surface area contributed by atoms with Gasteiger partial charge in [-0.2, -0.15) is 0 Å². The number of hydrogen-bond donors (Lipinski definition) is 2. The molecule has 21 heavy (non-hydrogen) atoms. The molecule has 0 saturated carbocycles. The summed E-state index contributed by atoms with van der Waals surface area (Å²) in [5, 5.41) is 12.0. The predicted molar refractivity (Wildman–Crippen MR) is 74.7 cm³/mol. The van der Waals surface area contributed by atoms with Gasteiger partial charge in [0.2, 0.25) is 5.88 Å². The lowest BCUT2D eigenvalue weighted by molar-refractivity contribution is 0.0696. The normalized spacial score (nSPS) is 10.4. The summed E-state index contributed by atoms with van der Waals surface area (Å²) in [6, 6.07) is 7.36. The molecule has 1 aromatic carbocycles. The van der Waals surface area contributed by atoms with Crippen LogP contribution in [0.3, 0.4) is 0 Å². The first-order valence-corrected chi connectivity index (χ1v) is 6.32. The Labute approximate surface area is 121 Å².